The van der Waals surface area contributed by atoms with Crippen LogP contribution in [-0.2, 0) is 6.54 Å². The molecular formula is C14H16N6O2. The van der Waals surface area contributed by atoms with Crippen molar-refractivity contribution in [2.45, 2.75) is 32.4 Å². The molecule has 4 rings (SSSR count). The SMILES string of the molecule is Cc1ccc(CN(C)c2nc3nonc3nc2NC2CC2)o1. The van der Waals surface area contributed by atoms with E-state index in [1.54, 1.807) is 0 Å². The molecule has 0 unspecified atom stereocenters. The van der Waals surface area contributed by atoms with Gasteiger partial charge in [-0.25, -0.2) is 14.6 Å². The predicted molar refractivity (Wildman–Crippen MR) is 79.6 cm³/mol. The van der Waals surface area contributed by atoms with Crippen LogP contribution in [0.15, 0.2) is 21.2 Å². The molecule has 3 aromatic heterocycles. The van der Waals surface area contributed by atoms with E-state index in [0.717, 1.165) is 24.4 Å². The molecule has 8 nitrogen and oxygen atoms in total. The van der Waals surface area contributed by atoms with Gasteiger partial charge in [-0.2, -0.15) is 0 Å². The number of aromatic nitrogens is 4. The maximum absolute atomic E-state index is 5.62. The van der Waals surface area contributed by atoms with Gasteiger partial charge in [0.25, 0.3) is 0 Å². The molecule has 3 heterocycles. The third-order valence-electron chi connectivity index (χ3n) is 3.56. The lowest BCUT2D eigenvalue weighted by atomic mass is 10.4. The summed E-state index contributed by atoms with van der Waals surface area (Å²) in [4.78, 5) is 11.0. The molecule has 0 aromatic carbocycles. The molecule has 1 N–H and O–H groups in total. The number of hydrogen-bond acceptors (Lipinski definition) is 8. The molecule has 1 saturated carbocycles. The van der Waals surface area contributed by atoms with Gasteiger partial charge in [-0.3, -0.25) is 0 Å². The average Bonchev–Trinajstić information content (AvgIpc) is 3.03. The van der Waals surface area contributed by atoms with Gasteiger partial charge in [-0.1, -0.05) is 0 Å². The summed E-state index contributed by atoms with van der Waals surface area (Å²) in [5, 5.41) is 10.9. The van der Waals surface area contributed by atoms with Crippen molar-refractivity contribution in [1.82, 2.24) is 20.3 Å². The molecule has 0 atom stereocenters. The smallest absolute Gasteiger partial charge is 0.245 e. The van der Waals surface area contributed by atoms with Crippen LogP contribution >= 0.6 is 0 Å². The van der Waals surface area contributed by atoms with Crippen molar-refractivity contribution in [2.75, 3.05) is 17.3 Å². The van der Waals surface area contributed by atoms with Gasteiger partial charge in [0.15, 0.2) is 11.6 Å². The Kier molecular flexibility index (Phi) is 2.95. The summed E-state index contributed by atoms with van der Waals surface area (Å²) in [7, 11) is 1.94. The molecular weight excluding hydrogens is 284 g/mol. The topological polar surface area (TPSA) is 93.1 Å². The van der Waals surface area contributed by atoms with Gasteiger partial charge in [0.1, 0.15) is 11.5 Å². The highest BCUT2D eigenvalue weighted by atomic mass is 16.6. The zero-order valence-corrected chi connectivity index (χ0v) is 12.4. The number of nitrogens with one attached hydrogen (secondary N) is 1. The van der Waals surface area contributed by atoms with Crippen LogP contribution in [0.4, 0.5) is 11.6 Å². The molecule has 22 heavy (non-hydrogen) atoms. The van der Waals surface area contributed by atoms with Gasteiger partial charge in [0.2, 0.25) is 11.3 Å². The first-order chi connectivity index (χ1) is 10.7. The first-order valence-electron chi connectivity index (χ1n) is 7.22. The largest absolute Gasteiger partial charge is 0.464 e. The molecule has 1 aliphatic rings. The summed E-state index contributed by atoms with van der Waals surface area (Å²) in [5.74, 6) is 3.18. The summed E-state index contributed by atoms with van der Waals surface area (Å²) in [6, 6.07) is 4.37. The first-order valence-corrected chi connectivity index (χ1v) is 7.22. The van der Waals surface area contributed by atoms with Gasteiger partial charge < -0.3 is 14.6 Å². The number of aryl methyl sites for hydroxylation is 1. The first kappa shape index (κ1) is 13.1. The second-order valence-electron chi connectivity index (χ2n) is 5.59. The second-order valence-corrected chi connectivity index (χ2v) is 5.59. The zero-order chi connectivity index (χ0) is 15.1. The Morgan fingerprint density at radius 3 is 2.68 bits per heavy atom. The minimum absolute atomic E-state index is 0.402. The highest BCUT2D eigenvalue weighted by Gasteiger charge is 2.25. The standard InChI is InChI=1S/C14H16N6O2/c1-8-3-6-10(21-8)7-20(2)14-13(15-9-4-5-9)16-11-12(17-14)19-22-18-11/h3,6,9H,4-5,7H2,1-2H3,(H,15,16,18). The van der Waals surface area contributed by atoms with Gasteiger partial charge in [0.05, 0.1) is 6.54 Å². The molecule has 1 fully saturated rings. The van der Waals surface area contributed by atoms with Crippen LogP contribution in [0, 0.1) is 6.92 Å². The minimum atomic E-state index is 0.402. The predicted octanol–water partition coefficient (Wildman–Crippen LogP) is 2.12. The molecule has 8 heteroatoms. The van der Waals surface area contributed by atoms with Crippen LogP contribution in [0.25, 0.3) is 11.3 Å². The van der Waals surface area contributed by atoms with Gasteiger partial charge >= 0.3 is 0 Å². The van der Waals surface area contributed by atoms with Gasteiger partial charge in [-0.05, 0) is 42.2 Å². The lowest BCUT2D eigenvalue weighted by molar-refractivity contribution is 0.314. The van der Waals surface area contributed by atoms with Crippen molar-refractivity contribution >= 4 is 22.9 Å². The van der Waals surface area contributed by atoms with E-state index in [1.807, 2.05) is 31.0 Å². The van der Waals surface area contributed by atoms with E-state index in [4.69, 9.17) is 9.05 Å². The molecule has 0 amide bonds. The van der Waals surface area contributed by atoms with E-state index < -0.39 is 0 Å². The van der Waals surface area contributed by atoms with E-state index in [2.05, 4.69) is 25.6 Å². The highest BCUT2D eigenvalue weighted by Crippen LogP contribution is 2.30. The Bertz CT molecular complexity index is 807. The second kappa shape index (κ2) is 4.97. The van der Waals surface area contributed by atoms with Crippen molar-refractivity contribution in [2.24, 2.45) is 0 Å². The molecule has 0 bridgehead atoms. The monoisotopic (exact) mass is 300 g/mol. The number of anilines is 2. The van der Waals surface area contributed by atoms with Gasteiger partial charge in [0, 0.05) is 13.1 Å². The molecule has 0 saturated heterocycles. The summed E-state index contributed by atoms with van der Waals surface area (Å²) < 4.78 is 10.3. The third kappa shape index (κ3) is 2.47. The van der Waals surface area contributed by atoms with E-state index in [-0.39, 0.29) is 0 Å². The lowest BCUT2D eigenvalue weighted by Crippen LogP contribution is -2.20. The quantitative estimate of drug-likeness (QED) is 0.766. The van der Waals surface area contributed by atoms with Crippen LogP contribution in [0.5, 0.6) is 0 Å². The fourth-order valence-corrected chi connectivity index (χ4v) is 2.29. The summed E-state index contributed by atoms with van der Waals surface area (Å²) in [6.45, 7) is 2.52. The number of fused-ring (bicyclic) bond motifs is 1. The zero-order valence-electron chi connectivity index (χ0n) is 12.4. The number of nitrogens with zero attached hydrogens (tertiary/aromatic N) is 5. The van der Waals surface area contributed by atoms with Crippen LogP contribution in [0.2, 0.25) is 0 Å². The van der Waals surface area contributed by atoms with E-state index in [1.165, 1.54) is 0 Å². The Hall–Kier alpha value is -2.64. The molecule has 0 spiro atoms. The summed E-state index contributed by atoms with van der Waals surface area (Å²) in [5.41, 5.74) is 0.813. The van der Waals surface area contributed by atoms with Crippen molar-refractivity contribution in [3.8, 4) is 0 Å². The lowest BCUT2D eigenvalue weighted by Gasteiger charge is -2.19. The van der Waals surface area contributed by atoms with Crippen molar-refractivity contribution in [1.29, 1.82) is 0 Å². The maximum atomic E-state index is 5.62. The van der Waals surface area contributed by atoms with Crippen molar-refractivity contribution in [3.05, 3.63) is 23.7 Å². The third-order valence-corrected chi connectivity index (χ3v) is 3.56. The molecule has 0 aliphatic heterocycles. The number of rotatable bonds is 5. The Morgan fingerprint density at radius 1 is 1.23 bits per heavy atom. The molecule has 1 aliphatic carbocycles. The fourth-order valence-electron chi connectivity index (χ4n) is 2.29. The van der Waals surface area contributed by atoms with Crippen LogP contribution in [-0.4, -0.2) is 33.4 Å². The number of hydrogen-bond donors (Lipinski definition) is 1. The molecule has 3 aromatic rings. The summed E-state index contributed by atoms with van der Waals surface area (Å²) in [6.07, 6.45) is 2.30. The van der Waals surface area contributed by atoms with E-state index >= 15 is 0 Å². The minimum Gasteiger partial charge on any atom is -0.464 e. The van der Waals surface area contributed by atoms with Crippen LogP contribution in [0.1, 0.15) is 24.4 Å². The van der Waals surface area contributed by atoms with Crippen molar-refractivity contribution in [3.63, 3.8) is 0 Å². The van der Waals surface area contributed by atoms with Gasteiger partial charge in [-0.15, -0.1) is 0 Å². The highest BCUT2D eigenvalue weighted by molar-refractivity contribution is 5.74. The van der Waals surface area contributed by atoms with Crippen LogP contribution in [0.3, 0.4) is 0 Å². The maximum Gasteiger partial charge on any atom is 0.245 e. The average molecular weight is 300 g/mol. The number of furan rings is 1. The van der Waals surface area contributed by atoms with E-state index in [0.29, 0.717) is 35.5 Å². The Labute approximate surface area is 126 Å². The van der Waals surface area contributed by atoms with Crippen molar-refractivity contribution < 1.29 is 9.05 Å². The summed E-state index contributed by atoms with van der Waals surface area (Å²) >= 11 is 0. The van der Waals surface area contributed by atoms with E-state index in [9.17, 15) is 0 Å². The fraction of sp³-hybridized carbons (Fsp3) is 0.429. The Morgan fingerprint density at radius 2 is 2.00 bits per heavy atom. The normalized spacial score (nSPS) is 14.5. The molecule has 0 radical (unpaired) electrons. The van der Waals surface area contributed by atoms with Crippen LogP contribution < -0.4 is 10.2 Å². The molecule has 114 valence electrons. The Balaban J connectivity index is 1.67.